The number of hydrogen-bond donors (Lipinski definition) is 4. The van der Waals surface area contributed by atoms with Crippen molar-refractivity contribution < 1.29 is 14.3 Å². The van der Waals surface area contributed by atoms with Gasteiger partial charge in [-0.2, -0.15) is 0 Å². The van der Waals surface area contributed by atoms with Crippen LogP contribution >= 0.6 is 0 Å². The van der Waals surface area contributed by atoms with Crippen LogP contribution in [0.15, 0.2) is 83.6 Å². The molecule has 9 nitrogen and oxygen atoms in total. The third-order valence-electron chi connectivity index (χ3n) is 6.96. The number of hydrogen-bond acceptors (Lipinski definition) is 7. The predicted molar refractivity (Wildman–Crippen MR) is 178 cm³/mol. The second-order valence-corrected chi connectivity index (χ2v) is 11.0. The van der Waals surface area contributed by atoms with E-state index in [1.807, 2.05) is 61.6 Å². The maximum Gasteiger partial charge on any atom is 0.255 e. The second kappa shape index (κ2) is 15.4. The number of methoxy groups -OCH3 is 1. The molecule has 6 N–H and O–H groups in total. The largest absolute Gasteiger partial charge is 0.494 e. The first-order chi connectivity index (χ1) is 21.0. The Morgan fingerprint density at radius 1 is 1.16 bits per heavy atom. The highest BCUT2D eigenvalue weighted by Crippen LogP contribution is 2.38. The van der Waals surface area contributed by atoms with Crippen molar-refractivity contribution in [1.29, 1.82) is 0 Å². The molecule has 0 spiro atoms. The summed E-state index contributed by atoms with van der Waals surface area (Å²) in [5.74, 6) is 3.19. The van der Waals surface area contributed by atoms with E-state index in [0.717, 1.165) is 36.0 Å². The fourth-order valence-electron chi connectivity index (χ4n) is 4.52. The summed E-state index contributed by atoms with van der Waals surface area (Å²) < 4.78 is 5.83. The number of benzene rings is 2. The van der Waals surface area contributed by atoms with Crippen molar-refractivity contribution in [3.63, 3.8) is 0 Å². The van der Waals surface area contributed by atoms with Crippen LogP contribution in [-0.2, 0) is 4.79 Å². The molecule has 2 aromatic rings. The molecule has 1 aliphatic rings. The van der Waals surface area contributed by atoms with Crippen LogP contribution in [0.2, 0.25) is 0 Å². The average Bonchev–Trinajstić information content (AvgIpc) is 3.84. The Labute approximate surface area is 261 Å². The van der Waals surface area contributed by atoms with Gasteiger partial charge in [-0.15, -0.1) is 6.42 Å². The lowest BCUT2D eigenvalue weighted by molar-refractivity contribution is -0.121. The van der Waals surface area contributed by atoms with Gasteiger partial charge in [-0.05, 0) is 67.8 Å². The molecule has 9 heteroatoms. The van der Waals surface area contributed by atoms with Gasteiger partial charge in [0.05, 0.1) is 24.1 Å². The summed E-state index contributed by atoms with van der Waals surface area (Å²) in [7, 11) is 7.25. The van der Waals surface area contributed by atoms with Gasteiger partial charge in [-0.25, -0.2) is 0 Å². The van der Waals surface area contributed by atoms with Crippen LogP contribution in [0.25, 0.3) is 11.1 Å². The number of para-hydroxylation sites is 1. The number of amides is 2. The minimum absolute atomic E-state index is 0.0219. The second-order valence-electron chi connectivity index (χ2n) is 11.0. The molecule has 3 rings (SSSR count). The van der Waals surface area contributed by atoms with E-state index in [0.29, 0.717) is 40.5 Å². The van der Waals surface area contributed by atoms with Crippen LogP contribution in [0.3, 0.4) is 0 Å². The number of allylic oxidation sites excluding steroid dienone is 3. The summed E-state index contributed by atoms with van der Waals surface area (Å²) in [5.41, 5.74) is 17.4. The number of carbonyl (C=O) groups excluding carboxylic acids is 2. The maximum absolute atomic E-state index is 13.5. The van der Waals surface area contributed by atoms with Crippen LogP contribution < -0.4 is 26.8 Å². The fraction of sp³-hybridized carbons (Fsp3) is 0.314. The van der Waals surface area contributed by atoms with Crippen LogP contribution in [0.1, 0.15) is 49.0 Å². The molecule has 0 radical (unpaired) electrons. The number of ether oxygens (including phenoxy) is 1. The fourth-order valence-corrected chi connectivity index (χ4v) is 4.52. The molecule has 1 aliphatic carbocycles. The molecule has 1 saturated carbocycles. The van der Waals surface area contributed by atoms with E-state index in [1.54, 1.807) is 38.1 Å². The molecule has 2 aromatic carbocycles. The van der Waals surface area contributed by atoms with E-state index < -0.39 is 0 Å². The minimum atomic E-state index is -0.168. The smallest absolute Gasteiger partial charge is 0.255 e. The van der Waals surface area contributed by atoms with Crippen molar-refractivity contribution in [2.75, 3.05) is 40.1 Å². The van der Waals surface area contributed by atoms with Gasteiger partial charge in [0.15, 0.2) is 0 Å². The molecular weight excluding hydrogens is 552 g/mol. The molecule has 0 heterocycles. The van der Waals surface area contributed by atoms with E-state index in [4.69, 9.17) is 22.6 Å². The van der Waals surface area contributed by atoms with Gasteiger partial charge >= 0.3 is 0 Å². The SMILES string of the molecule is C#Cc1cc(-c2cccc(NC(/C=C(\N)NC(=O)C3CC3)=C(\C)N)c2OC)ccc1C(=O)N(C)CC(/C=C\N(C)C)=C\CC. The number of carbonyl (C=O) groups is 2. The first kappa shape index (κ1) is 33.4. The summed E-state index contributed by atoms with van der Waals surface area (Å²) in [5, 5.41) is 6.00. The predicted octanol–water partition coefficient (Wildman–Crippen LogP) is 4.76. The van der Waals surface area contributed by atoms with E-state index in [9.17, 15) is 9.59 Å². The summed E-state index contributed by atoms with van der Waals surface area (Å²) in [4.78, 5) is 29.2. The zero-order chi connectivity index (χ0) is 32.4. The standard InChI is InChI=1S/C35H44N6O3/c1-8-11-24(18-19-40(4)5)22-41(6)35(43)29-17-16-27(20-25(29)9-2)28-12-10-13-30(33(28)44-7)38-31(23(3)36)21-32(37)39-34(42)26-14-15-26/h2,10-13,16-21,26,38H,8,14-15,22,36-37H2,1,3-7H3,(H,39,42)/b19-18-,24-11-,31-23+,32-21+. The topological polar surface area (TPSA) is 126 Å². The van der Waals surface area contributed by atoms with Gasteiger partial charge in [-0.1, -0.05) is 37.1 Å². The van der Waals surface area contributed by atoms with E-state index >= 15 is 0 Å². The Hall–Kier alpha value is -5.10. The number of rotatable bonds is 13. The zero-order valence-corrected chi connectivity index (χ0v) is 26.5. The lowest BCUT2D eigenvalue weighted by atomic mass is 9.97. The number of likely N-dealkylation sites (N-methyl/N-ethyl adjacent to an activating group) is 1. The molecule has 0 aromatic heterocycles. The molecule has 0 atom stereocenters. The lowest BCUT2D eigenvalue weighted by Crippen LogP contribution is -2.29. The molecule has 0 bridgehead atoms. The Kier molecular flexibility index (Phi) is 11.7. The number of nitrogens with one attached hydrogen (secondary N) is 2. The van der Waals surface area contributed by atoms with Crippen molar-refractivity contribution in [3.05, 3.63) is 94.7 Å². The van der Waals surface area contributed by atoms with Crippen molar-refractivity contribution in [1.82, 2.24) is 15.1 Å². The quantitative estimate of drug-likeness (QED) is 0.194. The molecule has 2 amide bonds. The average molecular weight is 597 g/mol. The van der Waals surface area contributed by atoms with Crippen molar-refractivity contribution in [2.24, 2.45) is 17.4 Å². The maximum atomic E-state index is 13.5. The van der Waals surface area contributed by atoms with Crippen LogP contribution in [0.5, 0.6) is 5.75 Å². The van der Waals surface area contributed by atoms with Crippen molar-refractivity contribution >= 4 is 17.5 Å². The Morgan fingerprint density at radius 3 is 2.48 bits per heavy atom. The summed E-state index contributed by atoms with van der Waals surface area (Å²) in [6.45, 7) is 4.25. The highest BCUT2D eigenvalue weighted by molar-refractivity contribution is 5.97. The first-order valence-electron chi connectivity index (χ1n) is 14.6. The molecule has 44 heavy (non-hydrogen) atoms. The Morgan fingerprint density at radius 2 is 1.89 bits per heavy atom. The van der Waals surface area contributed by atoms with Gasteiger partial charge in [0.1, 0.15) is 11.6 Å². The van der Waals surface area contributed by atoms with Gasteiger partial charge in [0, 0.05) is 56.5 Å². The minimum Gasteiger partial charge on any atom is -0.494 e. The Bertz CT molecular complexity index is 1540. The monoisotopic (exact) mass is 596 g/mol. The summed E-state index contributed by atoms with van der Waals surface area (Å²) in [6.07, 6.45) is 16.2. The van der Waals surface area contributed by atoms with E-state index in [1.165, 1.54) is 0 Å². The Balaban J connectivity index is 1.90. The number of anilines is 1. The third-order valence-corrected chi connectivity index (χ3v) is 6.96. The third kappa shape index (κ3) is 8.95. The van der Waals surface area contributed by atoms with Crippen LogP contribution in [0, 0.1) is 18.3 Å². The number of terminal acetylenes is 1. The summed E-state index contributed by atoms with van der Waals surface area (Å²) in [6, 6.07) is 11.0. The molecule has 0 unspecified atom stereocenters. The first-order valence-corrected chi connectivity index (χ1v) is 14.6. The molecule has 1 fully saturated rings. The lowest BCUT2D eigenvalue weighted by Gasteiger charge is -2.20. The van der Waals surface area contributed by atoms with E-state index in [2.05, 4.69) is 29.6 Å². The summed E-state index contributed by atoms with van der Waals surface area (Å²) >= 11 is 0. The highest BCUT2D eigenvalue weighted by Gasteiger charge is 2.29. The van der Waals surface area contributed by atoms with Crippen LogP contribution in [-0.4, -0.2) is 56.4 Å². The number of nitrogens with two attached hydrogens (primary N) is 2. The van der Waals surface area contributed by atoms with Crippen molar-refractivity contribution in [3.8, 4) is 29.2 Å². The van der Waals surface area contributed by atoms with Gasteiger partial charge in [0.25, 0.3) is 5.91 Å². The molecular formula is C35H44N6O3. The highest BCUT2D eigenvalue weighted by atomic mass is 16.5. The normalized spacial score (nSPS) is 14.0. The zero-order valence-electron chi connectivity index (χ0n) is 26.5. The van der Waals surface area contributed by atoms with Crippen LogP contribution in [0.4, 0.5) is 5.69 Å². The number of nitrogens with zero attached hydrogens (tertiary/aromatic N) is 2. The van der Waals surface area contributed by atoms with Gasteiger partial charge in [0.2, 0.25) is 5.91 Å². The molecule has 232 valence electrons. The molecule has 0 aliphatic heterocycles. The molecule has 0 saturated heterocycles. The van der Waals surface area contributed by atoms with Gasteiger partial charge in [-0.3, -0.25) is 9.59 Å². The van der Waals surface area contributed by atoms with E-state index in [-0.39, 0.29) is 23.6 Å². The van der Waals surface area contributed by atoms with Gasteiger partial charge < -0.3 is 36.6 Å². The van der Waals surface area contributed by atoms with Crippen molar-refractivity contribution in [2.45, 2.75) is 33.1 Å².